The zero-order chi connectivity index (χ0) is 10.6. The molecular weight excluding hydrogens is 175 g/mol. The summed E-state index contributed by atoms with van der Waals surface area (Å²) in [6, 6.07) is 0. The number of hydrogen-bond donors (Lipinski definition) is 0. The van der Waals surface area contributed by atoms with Crippen molar-refractivity contribution >= 4 is 7.12 Å². The minimum Gasteiger partial charge on any atom is -0.403 e. The first kappa shape index (κ1) is 10.5. The summed E-state index contributed by atoms with van der Waals surface area (Å²) >= 11 is 0. The van der Waals surface area contributed by atoms with Crippen LogP contribution in [0.1, 0.15) is 47.5 Å². The van der Waals surface area contributed by atoms with Gasteiger partial charge in [-0.1, -0.05) is 6.92 Å². The molecule has 1 saturated carbocycles. The van der Waals surface area contributed by atoms with E-state index in [1.165, 1.54) is 12.8 Å². The zero-order valence-corrected chi connectivity index (χ0v) is 9.96. The van der Waals surface area contributed by atoms with Gasteiger partial charge in [0.2, 0.25) is 0 Å². The summed E-state index contributed by atoms with van der Waals surface area (Å²) in [5, 5.41) is 0. The van der Waals surface area contributed by atoms with Gasteiger partial charge < -0.3 is 9.31 Å². The Hall–Kier alpha value is -0.0151. The predicted molar refractivity (Wildman–Crippen MR) is 58.2 cm³/mol. The number of hydrogen-bond acceptors (Lipinski definition) is 2. The molecule has 14 heavy (non-hydrogen) atoms. The third-order valence-corrected chi connectivity index (χ3v) is 4.07. The van der Waals surface area contributed by atoms with Crippen LogP contribution in [-0.2, 0) is 9.31 Å². The van der Waals surface area contributed by atoms with Crippen LogP contribution in [0.2, 0.25) is 5.82 Å². The van der Waals surface area contributed by atoms with Gasteiger partial charge in [-0.25, -0.2) is 0 Å². The van der Waals surface area contributed by atoms with E-state index in [4.69, 9.17) is 9.31 Å². The lowest BCUT2D eigenvalue weighted by Gasteiger charge is -2.33. The maximum Gasteiger partial charge on any atom is 0.461 e. The van der Waals surface area contributed by atoms with Gasteiger partial charge in [-0.05, 0) is 52.3 Å². The Labute approximate surface area is 87.5 Å². The van der Waals surface area contributed by atoms with Crippen LogP contribution in [0.25, 0.3) is 0 Å². The maximum absolute atomic E-state index is 5.99. The van der Waals surface area contributed by atoms with Gasteiger partial charge in [-0.2, -0.15) is 0 Å². The summed E-state index contributed by atoms with van der Waals surface area (Å²) in [6.07, 6.45) is 2.52. The molecule has 0 amide bonds. The molecule has 0 unspecified atom stereocenters. The molecule has 3 heteroatoms. The molecule has 2 rings (SSSR count). The van der Waals surface area contributed by atoms with Crippen LogP contribution in [0, 0.1) is 5.92 Å². The zero-order valence-electron chi connectivity index (χ0n) is 9.96. The van der Waals surface area contributed by atoms with Gasteiger partial charge in [0.15, 0.2) is 0 Å². The van der Waals surface area contributed by atoms with Crippen molar-refractivity contribution in [1.82, 2.24) is 0 Å². The topological polar surface area (TPSA) is 18.5 Å². The largest absolute Gasteiger partial charge is 0.461 e. The van der Waals surface area contributed by atoms with Crippen LogP contribution in [0.4, 0.5) is 0 Å². The fraction of sp³-hybridized carbons (Fsp3) is 1.00. The Bertz CT molecular complexity index is 215. The molecule has 2 aliphatic rings. The van der Waals surface area contributed by atoms with Crippen molar-refractivity contribution < 1.29 is 9.31 Å². The monoisotopic (exact) mass is 196 g/mol. The normalized spacial score (nSPS) is 39.6. The number of rotatable bonds is 1. The van der Waals surface area contributed by atoms with Crippen LogP contribution < -0.4 is 0 Å². The summed E-state index contributed by atoms with van der Waals surface area (Å²) < 4.78 is 12.0. The highest BCUT2D eigenvalue weighted by atomic mass is 16.7. The Kier molecular flexibility index (Phi) is 2.24. The van der Waals surface area contributed by atoms with Crippen molar-refractivity contribution in [3.05, 3.63) is 0 Å². The smallest absolute Gasteiger partial charge is 0.403 e. The molecule has 80 valence electrons. The average Bonchev–Trinajstić information content (AvgIpc) is 2.15. The van der Waals surface area contributed by atoms with Gasteiger partial charge in [0.25, 0.3) is 0 Å². The summed E-state index contributed by atoms with van der Waals surface area (Å²) in [7, 11) is 0.0381. The standard InChI is InChI=1S/C11H21BO2/c1-8-6-9(7-8)12-13-10(2,3)11(4,5)14-12/h8-9H,6-7H2,1-5H3. The van der Waals surface area contributed by atoms with Gasteiger partial charge in [-0.3, -0.25) is 0 Å². The highest BCUT2D eigenvalue weighted by Crippen LogP contribution is 2.48. The second-order valence-electron chi connectivity index (χ2n) is 5.96. The van der Waals surface area contributed by atoms with Crippen LogP contribution in [0.3, 0.4) is 0 Å². The second-order valence-corrected chi connectivity index (χ2v) is 5.96. The molecule has 0 aromatic carbocycles. The molecule has 1 aliphatic carbocycles. The van der Waals surface area contributed by atoms with Crippen molar-refractivity contribution in [2.75, 3.05) is 0 Å². The van der Waals surface area contributed by atoms with Crippen molar-refractivity contribution in [3.8, 4) is 0 Å². The van der Waals surface area contributed by atoms with E-state index in [1.54, 1.807) is 0 Å². The van der Waals surface area contributed by atoms with Crippen LogP contribution >= 0.6 is 0 Å². The Morgan fingerprint density at radius 3 is 1.79 bits per heavy atom. The first-order chi connectivity index (χ1) is 6.32. The molecule has 1 saturated heterocycles. The molecule has 0 aromatic rings. The summed E-state index contributed by atoms with van der Waals surface area (Å²) in [5.41, 5.74) is -0.313. The van der Waals surface area contributed by atoms with E-state index >= 15 is 0 Å². The molecule has 0 bridgehead atoms. The van der Waals surface area contributed by atoms with Crippen molar-refractivity contribution in [1.29, 1.82) is 0 Å². The van der Waals surface area contributed by atoms with E-state index in [-0.39, 0.29) is 18.3 Å². The highest BCUT2D eigenvalue weighted by molar-refractivity contribution is 6.47. The van der Waals surface area contributed by atoms with Gasteiger partial charge in [-0.15, -0.1) is 0 Å². The molecule has 0 N–H and O–H groups in total. The molecule has 1 heterocycles. The van der Waals surface area contributed by atoms with Crippen LogP contribution in [-0.4, -0.2) is 18.3 Å². The van der Waals surface area contributed by atoms with E-state index < -0.39 is 0 Å². The average molecular weight is 196 g/mol. The maximum atomic E-state index is 5.99. The summed E-state index contributed by atoms with van der Waals surface area (Å²) in [5.74, 6) is 1.49. The second kappa shape index (κ2) is 2.99. The molecule has 2 fully saturated rings. The third kappa shape index (κ3) is 1.51. The van der Waals surface area contributed by atoms with Gasteiger partial charge >= 0.3 is 7.12 Å². The molecule has 0 radical (unpaired) electrons. The van der Waals surface area contributed by atoms with Crippen molar-refractivity contribution in [2.24, 2.45) is 5.92 Å². The lowest BCUT2D eigenvalue weighted by Crippen LogP contribution is -2.41. The Morgan fingerprint density at radius 2 is 1.43 bits per heavy atom. The fourth-order valence-corrected chi connectivity index (χ4v) is 2.27. The minimum absolute atomic E-state index is 0.0381. The molecule has 0 atom stereocenters. The molecular formula is C11H21BO2. The molecule has 0 aromatic heterocycles. The Morgan fingerprint density at radius 1 is 1.00 bits per heavy atom. The molecule has 2 nitrogen and oxygen atoms in total. The van der Waals surface area contributed by atoms with Crippen LogP contribution in [0.5, 0.6) is 0 Å². The van der Waals surface area contributed by atoms with E-state index in [0.717, 1.165) is 5.92 Å². The minimum atomic E-state index is -0.156. The van der Waals surface area contributed by atoms with E-state index in [9.17, 15) is 0 Å². The predicted octanol–water partition coefficient (Wildman–Crippen LogP) is 2.88. The van der Waals surface area contributed by atoms with Gasteiger partial charge in [0.1, 0.15) is 0 Å². The van der Waals surface area contributed by atoms with Crippen molar-refractivity contribution in [3.63, 3.8) is 0 Å². The van der Waals surface area contributed by atoms with Gasteiger partial charge in [0, 0.05) is 0 Å². The fourth-order valence-electron chi connectivity index (χ4n) is 2.27. The quantitative estimate of drug-likeness (QED) is 0.600. The first-order valence-electron chi connectivity index (χ1n) is 5.67. The Balaban J connectivity index is 2.00. The van der Waals surface area contributed by atoms with E-state index in [2.05, 4.69) is 34.6 Å². The molecule has 0 spiro atoms. The summed E-state index contributed by atoms with van der Waals surface area (Å²) in [4.78, 5) is 0. The SMILES string of the molecule is CC1CC(B2OC(C)(C)C(C)(C)O2)C1. The highest BCUT2D eigenvalue weighted by Gasteiger charge is 2.55. The first-order valence-corrected chi connectivity index (χ1v) is 5.67. The van der Waals surface area contributed by atoms with Crippen LogP contribution in [0.15, 0.2) is 0 Å². The lowest BCUT2D eigenvalue weighted by molar-refractivity contribution is 0.00578. The van der Waals surface area contributed by atoms with E-state index in [1.807, 2.05) is 0 Å². The molecule has 1 aliphatic heterocycles. The summed E-state index contributed by atoms with van der Waals surface area (Å²) in [6.45, 7) is 10.8. The third-order valence-electron chi connectivity index (χ3n) is 4.07. The van der Waals surface area contributed by atoms with E-state index in [0.29, 0.717) is 5.82 Å². The van der Waals surface area contributed by atoms with Crippen molar-refractivity contribution in [2.45, 2.75) is 64.5 Å². The van der Waals surface area contributed by atoms with Gasteiger partial charge in [0.05, 0.1) is 11.2 Å². The lowest BCUT2D eigenvalue weighted by atomic mass is 9.56.